The van der Waals surface area contributed by atoms with Gasteiger partial charge in [0.05, 0.1) is 13.2 Å². The molecule has 0 aromatic heterocycles. The summed E-state index contributed by atoms with van der Waals surface area (Å²) in [4.78, 5) is 22.9. The third-order valence-corrected chi connectivity index (χ3v) is 3.01. The fourth-order valence-corrected chi connectivity index (χ4v) is 1.72. The molecule has 0 saturated heterocycles. The van der Waals surface area contributed by atoms with E-state index in [0.717, 1.165) is 12.0 Å². The van der Waals surface area contributed by atoms with E-state index < -0.39 is 0 Å². The van der Waals surface area contributed by atoms with Crippen LogP contribution in [0.25, 0.3) is 0 Å². The van der Waals surface area contributed by atoms with Gasteiger partial charge in [-0.25, -0.2) is 0 Å². The number of carbonyl (C=O) groups excluding carboxylic acids is 2. The van der Waals surface area contributed by atoms with E-state index >= 15 is 0 Å². The molecule has 1 fully saturated rings. The van der Waals surface area contributed by atoms with Gasteiger partial charge in [0, 0.05) is 25.4 Å². The zero-order valence-corrected chi connectivity index (χ0v) is 11.8. The van der Waals surface area contributed by atoms with E-state index in [2.05, 4.69) is 24.1 Å². The van der Waals surface area contributed by atoms with Crippen LogP contribution in [-0.2, 0) is 14.3 Å². The van der Waals surface area contributed by atoms with Crippen molar-refractivity contribution in [3.05, 3.63) is 12.2 Å². The van der Waals surface area contributed by atoms with Crippen molar-refractivity contribution in [2.75, 3.05) is 26.3 Å². The van der Waals surface area contributed by atoms with Crippen LogP contribution < -0.4 is 10.6 Å². The molecule has 2 atom stereocenters. The van der Waals surface area contributed by atoms with Crippen molar-refractivity contribution in [3.63, 3.8) is 0 Å². The van der Waals surface area contributed by atoms with Gasteiger partial charge in [-0.2, -0.15) is 0 Å². The Bertz CT molecular complexity index is 342. The molecule has 0 radical (unpaired) electrons. The zero-order valence-electron chi connectivity index (χ0n) is 11.8. The molecule has 0 aliphatic heterocycles. The molecule has 1 aliphatic carbocycles. The Balaban J connectivity index is 1.93. The minimum atomic E-state index is -0.0666. The molecule has 0 aromatic carbocycles. The van der Waals surface area contributed by atoms with Crippen LogP contribution in [-0.4, -0.2) is 38.1 Å². The topological polar surface area (TPSA) is 67.4 Å². The average Bonchev–Trinajstić information content (AvgIpc) is 3.05. The molecule has 108 valence electrons. The molecule has 0 heterocycles. The lowest BCUT2D eigenvalue weighted by Gasteiger charge is -2.07. The summed E-state index contributed by atoms with van der Waals surface area (Å²) in [6.45, 7) is 9.55. The fraction of sp³-hybridized carbons (Fsp3) is 0.714. The Hall–Kier alpha value is -1.36. The van der Waals surface area contributed by atoms with Crippen molar-refractivity contribution in [1.29, 1.82) is 0 Å². The standard InChI is InChI=1S/C14H24N2O3/c1-10(2)9-19-7-6-15-13(17)4-5-16-14(18)12-8-11(12)3/h11-12H,1,4-9H2,2-3H3,(H,15,17)(H,16,18). The number of ether oxygens (including phenoxy) is 1. The summed E-state index contributed by atoms with van der Waals surface area (Å²) in [6, 6.07) is 0. The van der Waals surface area contributed by atoms with Crippen LogP contribution in [0.4, 0.5) is 0 Å². The smallest absolute Gasteiger partial charge is 0.223 e. The number of hydrogen-bond donors (Lipinski definition) is 2. The van der Waals surface area contributed by atoms with Crippen LogP contribution >= 0.6 is 0 Å². The van der Waals surface area contributed by atoms with Crippen LogP contribution in [0.2, 0.25) is 0 Å². The SMILES string of the molecule is C=C(C)COCCNC(=O)CCNC(=O)C1CC1C. The second-order valence-corrected chi connectivity index (χ2v) is 5.22. The van der Waals surface area contributed by atoms with E-state index in [0.29, 0.717) is 38.6 Å². The van der Waals surface area contributed by atoms with Crippen LogP contribution in [0.3, 0.4) is 0 Å². The van der Waals surface area contributed by atoms with E-state index in [-0.39, 0.29) is 17.7 Å². The average molecular weight is 268 g/mol. The summed E-state index contributed by atoms with van der Waals surface area (Å²) in [6.07, 6.45) is 1.28. The highest BCUT2D eigenvalue weighted by atomic mass is 16.5. The highest BCUT2D eigenvalue weighted by molar-refractivity contribution is 5.82. The lowest BCUT2D eigenvalue weighted by Crippen LogP contribution is -2.33. The van der Waals surface area contributed by atoms with E-state index in [1.807, 2.05) is 6.92 Å². The van der Waals surface area contributed by atoms with E-state index in [1.165, 1.54) is 0 Å². The Kier molecular flexibility index (Phi) is 6.56. The third-order valence-electron chi connectivity index (χ3n) is 3.01. The van der Waals surface area contributed by atoms with Crippen LogP contribution in [0.5, 0.6) is 0 Å². The van der Waals surface area contributed by atoms with Gasteiger partial charge in [-0.3, -0.25) is 9.59 Å². The summed E-state index contributed by atoms with van der Waals surface area (Å²) in [5, 5.41) is 5.52. The number of carbonyl (C=O) groups is 2. The van der Waals surface area contributed by atoms with Crippen LogP contribution in [0.15, 0.2) is 12.2 Å². The minimum absolute atomic E-state index is 0.0666. The van der Waals surface area contributed by atoms with E-state index in [1.54, 1.807) is 0 Å². The molecule has 0 bridgehead atoms. The molecule has 2 N–H and O–H groups in total. The van der Waals surface area contributed by atoms with Crippen molar-refractivity contribution in [1.82, 2.24) is 10.6 Å². The maximum absolute atomic E-state index is 11.5. The first kappa shape index (κ1) is 15.7. The van der Waals surface area contributed by atoms with Crippen molar-refractivity contribution >= 4 is 11.8 Å². The molecule has 5 nitrogen and oxygen atoms in total. The van der Waals surface area contributed by atoms with Gasteiger partial charge < -0.3 is 15.4 Å². The fourth-order valence-electron chi connectivity index (χ4n) is 1.72. The summed E-state index contributed by atoms with van der Waals surface area (Å²) in [5.74, 6) is 0.672. The molecule has 19 heavy (non-hydrogen) atoms. The first-order valence-corrected chi connectivity index (χ1v) is 6.77. The molecule has 5 heteroatoms. The Labute approximate surface area is 114 Å². The van der Waals surface area contributed by atoms with Crippen molar-refractivity contribution in [2.24, 2.45) is 11.8 Å². The second-order valence-electron chi connectivity index (χ2n) is 5.22. The first-order valence-electron chi connectivity index (χ1n) is 6.77. The summed E-state index contributed by atoms with van der Waals surface area (Å²) in [5.41, 5.74) is 0.961. The number of rotatable bonds is 9. The molecule has 0 spiro atoms. The molecule has 1 saturated carbocycles. The van der Waals surface area contributed by atoms with Gasteiger partial charge in [0.1, 0.15) is 0 Å². The number of hydrogen-bond acceptors (Lipinski definition) is 3. The van der Waals surface area contributed by atoms with Gasteiger partial charge in [-0.1, -0.05) is 19.1 Å². The van der Waals surface area contributed by atoms with Crippen molar-refractivity contribution in [2.45, 2.75) is 26.7 Å². The zero-order chi connectivity index (χ0) is 14.3. The van der Waals surface area contributed by atoms with Gasteiger partial charge in [0.2, 0.25) is 11.8 Å². The highest BCUT2D eigenvalue weighted by Gasteiger charge is 2.38. The van der Waals surface area contributed by atoms with Gasteiger partial charge >= 0.3 is 0 Å². The summed E-state index contributed by atoms with van der Waals surface area (Å²) >= 11 is 0. The molecule has 2 amide bonds. The molecule has 1 aliphatic rings. The van der Waals surface area contributed by atoms with Crippen molar-refractivity contribution < 1.29 is 14.3 Å². The van der Waals surface area contributed by atoms with Gasteiger partial charge in [-0.15, -0.1) is 0 Å². The Morgan fingerprint density at radius 1 is 1.32 bits per heavy atom. The number of amides is 2. The number of nitrogens with one attached hydrogen (secondary N) is 2. The molecular formula is C14H24N2O3. The summed E-state index contributed by atoms with van der Waals surface area (Å²) in [7, 11) is 0. The second kappa shape index (κ2) is 7.94. The minimum Gasteiger partial charge on any atom is -0.375 e. The highest BCUT2D eigenvalue weighted by Crippen LogP contribution is 2.37. The lowest BCUT2D eigenvalue weighted by molar-refractivity contribution is -0.123. The van der Waals surface area contributed by atoms with Crippen LogP contribution in [0, 0.1) is 11.8 Å². The van der Waals surface area contributed by atoms with Crippen LogP contribution in [0.1, 0.15) is 26.7 Å². The summed E-state index contributed by atoms with van der Waals surface area (Å²) < 4.78 is 5.26. The normalized spacial score (nSPS) is 20.7. The molecule has 2 unspecified atom stereocenters. The Morgan fingerprint density at radius 3 is 2.58 bits per heavy atom. The first-order chi connectivity index (χ1) is 9.00. The molecule has 1 rings (SSSR count). The Morgan fingerprint density at radius 2 is 2.00 bits per heavy atom. The largest absolute Gasteiger partial charge is 0.375 e. The van der Waals surface area contributed by atoms with Gasteiger partial charge in [0.15, 0.2) is 0 Å². The lowest BCUT2D eigenvalue weighted by atomic mass is 10.3. The molecular weight excluding hydrogens is 244 g/mol. The predicted molar refractivity (Wildman–Crippen MR) is 73.5 cm³/mol. The van der Waals surface area contributed by atoms with Gasteiger partial charge in [0.25, 0.3) is 0 Å². The quantitative estimate of drug-likeness (QED) is 0.481. The maximum Gasteiger partial charge on any atom is 0.223 e. The molecule has 0 aromatic rings. The third kappa shape index (κ3) is 6.96. The van der Waals surface area contributed by atoms with Crippen molar-refractivity contribution in [3.8, 4) is 0 Å². The van der Waals surface area contributed by atoms with E-state index in [9.17, 15) is 9.59 Å². The van der Waals surface area contributed by atoms with Gasteiger partial charge in [-0.05, 0) is 19.3 Å². The van der Waals surface area contributed by atoms with E-state index in [4.69, 9.17) is 4.74 Å². The monoisotopic (exact) mass is 268 g/mol. The maximum atomic E-state index is 11.5. The predicted octanol–water partition coefficient (Wildman–Crippen LogP) is 0.858.